The van der Waals surface area contributed by atoms with Crippen molar-refractivity contribution in [1.82, 2.24) is 5.32 Å². The van der Waals surface area contributed by atoms with Gasteiger partial charge in [0.1, 0.15) is 5.82 Å². The first-order valence-electron chi connectivity index (χ1n) is 6.37. The molecule has 0 fully saturated rings. The molecule has 0 amide bonds. The van der Waals surface area contributed by atoms with Gasteiger partial charge in [0.2, 0.25) is 0 Å². The minimum atomic E-state index is -0.308. The number of halogens is 1. The van der Waals surface area contributed by atoms with E-state index in [1.807, 2.05) is 7.05 Å². The third kappa shape index (κ3) is 6.11. The van der Waals surface area contributed by atoms with Gasteiger partial charge in [-0.05, 0) is 13.1 Å². The highest BCUT2D eigenvalue weighted by Gasteiger charge is 2.14. The summed E-state index contributed by atoms with van der Waals surface area (Å²) in [4.78, 5) is 0. The average molecular weight is 271 g/mol. The highest BCUT2D eigenvalue weighted by molar-refractivity contribution is 5.20. The van der Waals surface area contributed by atoms with Gasteiger partial charge in [-0.1, -0.05) is 18.2 Å². The van der Waals surface area contributed by atoms with Gasteiger partial charge in [0.05, 0.1) is 32.5 Å². The van der Waals surface area contributed by atoms with Crippen LogP contribution < -0.4 is 5.32 Å². The van der Waals surface area contributed by atoms with Crippen molar-refractivity contribution in [2.24, 2.45) is 0 Å². The first-order chi connectivity index (χ1) is 9.29. The van der Waals surface area contributed by atoms with Gasteiger partial charge in [-0.15, -0.1) is 0 Å². The standard InChI is InChI=1S/C14H22FNO3/c1-16-11-14(12-5-3-4-6-13(12)15)19-10-9-18-8-7-17-2/h3-6,14,16H,7-11H2,1-2H3. The van der Waals surface area contributed by atoms with Crippen molar-refractivity contribution in [1.29, 1.82) is 0 Å². The third-order valence-corrected chi connectivity index (χ3v) is 2.62. The highest BCUT2D eigenvalue weighted by Crippen LogP contribution is 2.19. The second-order valence-electron chi connectivity index (χ2n) is 4.04. The SMILES string of the molecule is CNCC(OCCOCCOC)c1ccccc1F. The van der Waals surface area contributed by atoms with Crippen LogP contribution in [0.15, 0.2) is 24.3 Å². The lowest BCUT2D eigenvalue weighted by molar-refractivity contribution is -0.00736. The van der Waals surface area contributed by atoms with Crippen molar-refractivity contribution in [3.05, 3.63) is 35.6 Å². The van der Waals surface area contributed by atoms with E-state index in [2.05, 4.69) is 5.32 Å². The summed E-state index contributed by atoms with van der Waals surface area (Å²) in [6, 6.07) is 6.65. The molecule has 108 valence electrons. The summed E-state index contributed by atoms with van der Waals surface area (Å²) in [7, 11) is 3.44. The number of rotatable bonds is 10. The van der Waals surface area contributed by atoms with Gasteiger partial charge in [0.25, 0.3) is 0 Å². The van der Waals surface area contributed by atoms with E-state index in [0.29, 0.717) is 38.5 Å². The average Bonchev–Trinajstić information content (AvgIpc) is 2.42. The van der Waals surface area contributed by atoms with Crippen LogP contribution in [0.2, 0.25) is 0 Å². The molecule has 0 aliphatic carbocycles. The predicted molar refractivity (Wildman–Crippen MR) is 71.7 cm³/mol. The van der Waals surface area contributed by atoms with Crippen LogP contribution in [0.25, 0.3) is 0 Å². The Morgan fingerprint density at radius 3 is 2.58 bits per heavy atom. The third-order valence-electron chi connectivity index (χ3n) is 2.62. The molecule has 19 heavy (non-hydrogen) atoms. The van der Waals surface area contributed by atoms with Gasteiger partial charge in [0, 0.05) is 19.2 Å². The summed E-state index contributed by atoms with van der Waals surface area (Å²) >= 11 is 0. The van der Waals surface area contributed by atoms with Crippen LogP contribution in [-0.2, 0) is 14.2 Å². The molecule has 1 aromatic rings. The summed E-state index contributed by atoms with van der Waals surface area (Å²) in [5.74, 6) is -0.247. The smallest absolute Gasteiger partial charge is 0.129 e. The lowest BCUT2D eigenvalue weighted by atomic mass is 10.1. The summed E-state index contributed by atoms with van der Waals surface area (Å²) in [6.07, 6.45) is -0.308. The Balaban J connectivity index is 2.39. The van der Waals surface area contributed by atoms with Crippen molar-refractivity contribution in [3.63, 3.8) is 0 Å². The van der Waals surface area contributed by atoms with Crippen LogP contribution in [0.3, 0.4) is 0 Å². The second kappa shape index (κ2) is 9.86. The molecule has 0 aromatic heterocycles. The fourth-order valence-corrected chi connectivity index (χ4v) is 1.67. The van der Waals surface area contributed by atoms with Gasteiger partial charge in [0.15, 0.2) is 0 Å². The van der Waals surface area contributed by atoms with E-state index in [-0.39, 0.29) is 11.9 Å². The molecule has 0 bridgehead atoms. The van der Waals surface area contributed by atoms with Crippen LogP contribution >= 0.6 is 0 Å². The maximum atomic E-state index is 13.7. The van der Waals surface area contributed by atoms with Crippen LogP contribution in [0, 0.1) is 5.82 Å². The van der Waals surface area contributed by atoms with Crippen molar-refractivity contribution in [3.8, 4) is 0 Å². The molecule has 5 heteroatoms. The Hall–Kier alpha value is -1.01. The molecule has 0 aliphatic rings. The molecule has 0 spiro atoms. The minimum Gasteiger partial charge on any atom is -0.382 e. The Morgan fingerprint density at radius 1 is 1.16 bits per heavy atom. The molecule has 0 aliphatic heterocycles. The molecule has 0 saturated carbocycles. The van der Waals surface area contributed by atoms with Crippen LogP contribution in [0.5, 0.6) is 0 Å². The first-order valence-corrected chi connectivity index (χ1v) is 6.37. The lowest BCUT2D eigenvalue weighted by Gasteiger charge is -2.18. The maximum Gasteiger partial charge on any atom is 0.129 e. The van der Waals surface area contributed by atoms with Gasteiger partial charge < -0.3 is 19.5 Å². The second-order valence-corrected chi connectivity index (χ2v) is 4.04. The molecule has 1 aromatic carbocycles. The monoisotopic (exact) mass is 271 g/mol. The maximum absolute atomic E-state index is 13.7. The van der Waals surface area contributed by atoms with E-state index in [9.17, 15) is 4.39 Å². The molecular formula is C14H22FNO3. The van der Waals surface area contributed by atoms with Crippen LogP contribution in [0.4, 0.5) is 4.39 Å². The predicted octanol–water partition coefficient (Wildman–Crippen LogP) is 1.77. The zero-order valence-corrected chi connectivity index (χ0v) is 11.5. The highest BCUT2D eigenvalue weighted by atomic mass is 19.1. The molecule has 0 saturated heterocycles. The van der Waals surface area contributed by atoms with E-state index >= 15 is 0 Å². The fourth-order valence-electron chi connectivity index (χ4n) is 1.67. The van der Waals surface area contributed by atoms with E-state index in [0.717, 1.165) is 0 Å². The number of hydrogen-bond donors (Lipinski definition) is 1. The molecule has 1 rings (SSSR count). The topological polar surface area (TPSA) is 39.7 Å². The first kappa shape index (κ1) is 16.0. The minimum absolute atomic E-state index is 0.247. The van der Waals surface area contributed by atoms with Crippen LogP contribution in [-0.4, -0.2) is 47.1 Å². The Morgan fingerprint density at radius 2 is 1.89 bits per heavy atom. The van der Waals surface area contributed by atoms with E-state index in [1.54, 1.807) is 25.3 Å². The van der Waals surface area contributed by atoms with Crippen LogP contribution in [0.1, 0.15) is 11.7 Å². The lowest BCUT2D eigenvalue weighted by Crippen LogP contribution is -2.22. The zero-order chi connectivity index (χ0) is 13.9. The summed E-state index contributed by atoms with van der Waals surface area (Å²) in [5, 5.41) is 3.00. The van der Waals surface area contributed by atoms with Gasteiger partial charge in [-0.25, -0.2) is 4.39 Å². The Bertz CT molecular complexity index is 349. The fraction of sp³-hybridized carbons (Fsp3) is 0.571. The van der Waals surface area contributed by atoms with E-state index in [1.165, 1.54) is 6.07 Å². The van der Waals surface area contributed by atoms with E-state index < -0.39 is 0 Å². The van der Waals surface area contributed by atoms with Crippen molar-refractivity contribution >= 4 is 0 Å². The van der Waals surface area contributed by atoms with Crippen molar-refractivity contribution < 1.29 is 18.6 Å². The summed E-state index contributed by atoms with van der Waals surface area (Å²) < 4.78 is 29.5. The number of nitrogens with one attached hydrogen (secondary N) is 1. The largest absolute Gasteiger partial charge is 0.382 e. The number of likely N-dealkylation sites (N-methyl/N-ethyl adjacent to an activating group) is 1. The number of ether oxygens (including phenoxy) is 3. The van der Waals surface area contributed by atoms with Gasteiger partial charge >= 0.3 is 0 Å². The Kier molecular flexibility index (Phi) is 8.33. The molecular weight excluding hydrogens is 249 g/mol. The van der Waals surface area contributed by atoms with Crippen molar-refractivity contribution in [2.45, 2.75) is 6.10 Å². The van der Waals surface area contributed by atoms with Gasteiger partial charge in [-0.3, -0.25) is 0 Å². The van der Waals surface area contributed by atoms with E-state index in [4.69, 9.17) is 14.2 Å². The molecule has 1 N–H and O–H groups in total. The normalized spacial score (nSPS) is 12.6. The summed E-state index contributed by atoms with van der Waals surface area (Å²) in [5.41, 5.74) is 0.564. The Labute approximate surface area is 113 Å². The molecule has 0 heterocycles. The number of hydrogen-bond acceptors (Lipinski definition) is 4. The van der Waals surface area contributed by atoms with Gasteiger partial charge in [-0.2, -0.15) is 0 Å². The molecule has 4 nitrogen and oxygen atoms in total. The molecule has 0 radical (unpaired) electrons. The summed E-state index contributed by atoms with van der Waals surface area (Å²) in [6.45, 7) is 2.55. The molecule has 1 unspecified atom stereocenters. The number of benzene rings is 1. The molecule has 1 atom stereocenters. The quantitative estimate of drug-likeness (QED) is 0.658. The zero-order valence-electron chi connectivity index (χ0n) is 11.5. The van der Waals surface area contributed by atoms with Crippen molar-refractivity contribution in [2.75, 3.05) is 47.1 Å². The number of methoxy groups -OCH3 is 1.